The summed E-state index contributed by atoms with van der Waals surface area (Å²) >= 11 is 0. The van der Waals surface area contributed by atoms with Crippen LogP contribution in [0.3, 0.4) is 0 Å². The molecule has 0 unspecified atom stereocenters. The number of nitrogens with one attached hydrogen (secondary N) is 1. The van der Waals surface area contributed by atoms with Crippen LogP contribution in [-0.2, 0) is 4.79 Å². The van der Waals surface area contributed by atoms with Crippen LogP contribution in [0, 0.1) is 35.3 Å². The van der Waals surface area contributed by atoms with Crippen molar-refractivity contribution in [2.75, 3.05) is 5.32 Å². The van der Waals surface area contributed by atoms with Crippen molar-refractivity contribution in [1.82, 2.24) is 0 Å². The second-order valence-corrected chi connectivity index (χ2v) is 6.45. The number of anilines is 1. The van der Waals surface area contributed by atoms with Crippen LogP contribution in [0.4, 0.5) is 11.4 Å². The van der Waals surface area contributed by atoms with Gasteiger partial charge in [0.25, 0.3) is 11.6 Å². The van der Waals surface area contributed by atoms with Gasteiger partial charge in [0.2, 0.25) is 0 Å². The Bertz CT molecular complexity index is 1170. The number of amides is 1. The van der Waals surface area contributed by atoms with Crippen LogP contribution < -0.4 is 5.32 Å². The molecule has 2 aromatic carbocycles. The van der Waals surface area contributed by atoms with E-state index in [1.807, 2.05) is 25.1 Å². The lowest BCUT2D eigenvalue weighted by Crippen LogP contribution is -2.13. The maximum Gasteiger partial charge on any atom is 0.269 e. The molecular weight excluding hydrogens is 370 g/mol. The standard InChI is InChI=1S/C22H17N3O4/c1-14-4-3-5-17(10-14)24-22(26)16(13-23)12-19-7-9-21(29-19)20-8-6-18(25(27)28)11-15(20)2/h3-12H,1-2H3,(H,24,26). The highest BCUT2D eigenvalue weighted by Crippen LogP contribution is 2.29. The van der Waals surface area contributed by atoms with Gasteiger partial charge in [0.05, 0.1) is 4.92 Å². The number of nitrogens with zero attached hydrogens (tertiary/aromatic N) is 2. The SMILES string of the molecule is Cc1cccc(NC(=O)C(C#N)=Cc2ccc(-c3ccc([N+](=O)[O-])cc3C)o2)c1. The van der Waals surface area contributed by atoms with Crippen LogP contribution in [-0.4, -0.2) is 10.8 Å². The molecule has 0 spiro atoms. The lowest BCUT2D eigenvalue weighted by atomic mass is 10.1. The minimum atomic E-state index is -0.539. The Balaban J connectivity index is 1.83. The summed E-state index contributed by atoms with van der Waals surface area (Å²) in [5.74, 6) is 0.274. The van der Waals surface area contributed by atoms with Gasteiger partial charge in [0.1, 0.15) is 23.2 Å². The first-order chi connectivity index (χ1) is 13.9. The Morgan fingerprint density at radius 2 is 1.97 bits per heavy atom. The fourth-order valence-corrected chi connectivity index (χ4v) is 2.83. The normalized spacial score (nSPS) is 11.0. The Kier molecular flexibility index (Phi) is 5.56. The zero-order chi connectivity index (χ0) is 21.0. The van der Waals surface area contributed by atoms with Gasteiger partial charge in [-0.15, -0.1) is 0 Å². The van der Waals surface area contributed by atoms with Gasteiger partial charge in [0, 0.05) is 29.5 Å². The third kappa shape index (κ3) is 4.57. The Hall–Kier alpha value is -4.18. The lowest BCUT2D eigenvalue weighted by molar-refractivity contribution is -0.384. The van der Waals surface area contributed by atoms with E-state index in [1.165, 1.54) is 18.2 Å². The number of hydrogen-bond donors (Lipinski definition) is 1. The Morgan fingerprint density at radius 1 is 1.17 bits per heavy atom. The van der Waals surface area contributed by atoms with Crippen molar-refractivity contribution in [3.63, 3.8) is 0 Å². The Labute approximate surface area is 167 Å². The van der Waals surface area contributed by atoms with Gasteiger partial charge in [0.15, 0.2) is 0 Å². The zero-order valence-corrected chi connectivity index (χ0v) is 15.8. The summed E-state index contributed by atoms with van der Waals surface area (Å²) in [6.45, 7) is 3.65. The molecule has 7 nitrogen and oxygen atoms in total. The van der Waals surface area contributed by atoms with E-state index in [9.17, 15) is 20.2 Å². The predicted octanol–water partition coefficient (Wildman–Crippen LogP) is 5.02. The van der Waals surface area contributed by atoms with Gasteiger partial charge < -0.3 is 9.73 Å². The molecule has 1 aromatic heterocycles. The number of carbonyl (C=O) groups excluding carboxylic acids is 1. The first-order valence-electron chi connectivity index (χ1n) is 8.72. The lowest BCUT2D eigenvalue weighted by Gasteiger charge is -2.04. The number of nitriles is 1. The highest BCUT2D eigenvalue weighted by Gasteiger charge is 2.14. The maximum absolute atomic E-state index is 12.4. The molecule has 0 bridgehead atoms. The summed E-state index contributed by atoms with van der Waals surface area (Å²) in [6.07, 6.45) is 1.36. The van der Waals surface area contributed by atoms with Crippen LogP contribution in [0.2, 0.25) is 0 Å². The summed E-state index contributed by atoms with van der Waals surface area (Å²) in [4.78, 5) is 22.8. The summed E-state index contributed by atoms with van der Waals surface area (Å²) in [5.41, 5.74) is 2.85. The van der Waals surface area contributed by atoms with Gasteiger partial charge in [-0.25, -0.2) is 0 Å². The number of furan rings is 1. The minimum absolute atomic E-state index is 0.00230. The number of aryl methyl sites for hydroxylation is 2. The molecular formula is C22H17N3O4. The highest BCUT2D eigenvalue weighted by molar-refractivity contribution is 6.09. The van der Waals surface area contributed by atoms with E-state index in [0.717, 1.165) is 5.56 Å². The molecule has 29 heavy (non-hydrogen) atoms. The van der Waals surface area contributed by atoms with Gasteiger partial charge >= 0.3 is 0 Å². The highest BCUT2D eigenvalue weighted by atomic mass is 16.6. The van der Waals surface area contributed by atoms with E-state index in [1.54, 1.807) is 37.3 Å². The molecule has 0 fully saturated rings. The Morgan fingerprint density at radius 3 is 2.62 bits per heavy atom. The van der Waals surface area contributed by atoms with Crippen molar-refractivity contribution in [1.29, 1.82) is 5.26 Å². The first-order valence-corrected chi connectivity index (χ1v) is 8.72. The molecule has 1 amide bonds. The summed E-state index contributed by atoms with van der Waals surface area (Å²) in [5, 5.41) is 22.9. The van der Waals surface area contributed by atoms with Crippen LogP contribution in [0.25, 0.3) is 17.4 Å². The molecule has 1 heterocycles. The van der Waals surface area contributed by atoms with E-state index in [2.05, 4.69) is 5.32 Å². The number of non-ortho nitro benzene ring substituents is 1. The molecule has 3 aromatic rings. The molecule has 144 valence electrons. The number of benzene rings is 2. The third-order valence-electron chi connectivity index (χ3n) is 4.24. The maximum atomic E-state index is 12.4. The molecule has 3 rings (SSSR count). The quantitative estimate of drug-likeness (QED) is 0.286. The van der Waals surface area contributed by atoms with Crippen LogP contribution >= 0.6 is 0 Å². The smallest absolute Gasteiger partial charge is 0.269 e. The average Bonchev–Trinajstić information content (AvgIpc) is 3.14. The fraction of sp³-hybridized carbons (Fsp3) is 0.0909. The fourth-order valence-electron chi connectivity index (χ4n) is 2.83. The topological polar surface area (TPSA) is 109 Å². The minimum Gasteiger partial charge on any atom is -0.457 e. The summed E-state index contributed by atoms with van der Waals surface area (Å²) < 4.78 is 5.73. The number of carbonyl (C=O) groups is 1. The number of rotatable bonds is 5. The van der Waals surface area contributed by atoms with E-state index in [4.69, 9.17) is 4.42 Å². The molecule has 0 saturated heterocycles. The van der Waals surface area contributed by atoms with Gasteiger partial charge in [-0.1, -0.05) is 12.1 Å². The molecule has 0 aliphatic carbocycles. The van der Waals surface area contributed by atoms with Gasteiger partial charge in [-0.05, 0) is 55.3 Å². The van der Waals surface area contributed by atoms with E-state index in [0.29, 0.717) is 28.3 Å². The van der Waals surface area contributed by atoms with Gasteiger partial charge in [-0.3, -0.25) is 14.9 Å². The molecule has 1 N–H and O–H groups in total. The van der Waals surface area contributed by atoms with Crippen molar-refractivity contribution >= 4 is 23.4 Å². The van der Waals surface area contributed by atoms with Crippen molar-refractivity contribution in [2.24, 2.45) is 0 Å². The number of nitro benzene ring substituents is 1. The molecule has 0 saturated carbocycles. The third-order valence-corrected chi connectivity index (χ3v) is 4.24. The van der Waals surface area contributed by atoms with Crippen molar-refractivity contribution < 1.29 is 14.1 Å². The van der Waals surface area contributed by atoms with E-state index < -0.39 is 10.8 Å². The van der Waals surface area contributed by atoms with Crippen LogP contribution in [0.15, 0.2) is 64.6 Å². The number of nitro groups is 1. The second-order valence-electron chi connectivity index (χ2n) is 6.45. The molecule has 0 aliphatic rings. The second kappa shape index (κ2) is 8.23. The van der Waals surface area contributed by atoms with Crippen molar-refractivity contribution in [3.05, 3.63) is 87.2 Å². The average molecular weight is 387 g/mol. The van der Waals surface area contributed by atoms with Crippen molar-refractivity contribution in [3.8, 4) is 17.4 Å². The summed E-state index contributed by atoms with van der Waals surface area (Å²) in [6, 6.07) is 16.9. The largest absolute Gasteiger partial charge is 0.457 e. The summed E-state index contributed by atoms with van der Waals surface area (Å²) in [7, 11) is 0. The van der Waals surface area contributed by atoms with E-state index in [-0.39, 0.29) is 11.3 Å². The zero-order valence-electron chi connectivity index (χ0n) is 15.8. The van der Waals surface area contributed by atoms with Crippen LogP contribution in [0.1, 0.15) is 16.9 Å². The monoisotopic (exact) mass is 387 g/mol. The number of hydrogen-bond acceptors (Lipinski definition) is 5. The predicted molar refractivity (Wildman–Crippen MR) is 109 cm³/mol. The molecule has 0 aliphatic heterocycles. The van der Waals surface area contributed by atoms with Gasteiger partial charge in [-0.2, -0.15) is 5.26 Å². The van der Waals surface area contributed by atoms with Crippen LogP contribution in [0.5, 0.6) is 0 Å². The van der Waals surface area contributed by atoms with Crippen molar-refractivity contribution in [2.45, 2.75) is 13.8 Å². The molecule has 0 atom stereocenters. The van der Waals surface area contributed by atoms with E-state index >= 15 is 0 Å². The molecule has 7 heteroatoms. The first kappa shape index (κ1) is 19.6. The molecule has 0 radical (unpaired) electrons.